The molecule has 0 aliphatic carbocycles. The Morgan fingerprint density at radius 2 is 2.23 bits per heavy atom. The van der Waals surface area contributed by atoms with Gasteiger partial charge >= 0.3 is 0 Å². The Morgan fingerprint density at radius 1 is 1.62 bits per heavy atom. The summed E-state index contributed by atoms with van der Waals surface area (Å²) in [7, 11) is 0. The van der Waals surface area contributed by atoms with E-state index in [0.29, 0.717) is 5.56 Å². The van der Waals surface area contributed by atoms with Gasteiger partial charge in [-0.2, -0.15) is 5.26 Å². The van der Waals surface area contributed by atoms with Crippen molar-refractivity contribution in [3.63, 3.8) is 0 Å². The number of benzene rings is 1. The van der Waals surface area contributed by atoms with Gasteiger partial charge in [0.25, 0.3) is 0 Å². The first-order valence-corrected chi connectivity index (χ1v) is 4.01. The van der Waals surface area contributed by atoms with Gasteiger partial charge in [-0.25, -0.2) is 4.39 Å². The van der Waals surface area contributed by atoms with Gasteiger partial charge < -0.3 is 5.73 Å². The molecule has 1 aromatic rings. The third-order valence-electron chi connectivity index (χ3n) is 1.72. The summed E-state index contributed by atoms with van der Waals surface area (Å²) in [6.07, 6.45) is 0. The first-order valence-electron chi connectivity index (χ1n) is 3.63. The average molecular weight is 199 g/mol. The van der Waals surface area contributed by atoms with E-state index in [2.05, 4.69) is 0 Å². The van der Waals surface area contributed by atoms with Crippen molar-refractivity contribution in [1.82, 2.24) is 0 Å². The van der Waals surface area contributed by atoms with E-state index < -0.39 is 11.4 Å². The third kappa shape index (κ3) is 1.97. The monoisotopic (exact) mass is 198 g/mol. The smallest absolute Gasteiger partial charge is 0.128 e. The molecule has 0 unspecified atom stereocenters. The predicted octanol–water partition coefficient (Wildman–Crippen LogP) is 2.18. The van der Waals surface area contributed by atoms with Crippen LogP contribution in [-0.2, 0) is 5.54 Å². The fraction of sp³-hybridized carbons (Fsp3) is 0.222. The largest absolute Gasteiger partial charge is 0.310 e. The summed E-state index contributed by atoms with van der Waals surface area (Å²) in [6.45, 7) is 1.52. The molecule has 2 N–H and O–H groups in total. The van der Waals surface area contributed by atoms with E-state index in [4.69, 9.17) is 22.6 Å². The standard InChI is InChI=1S/C9H8ClFN2/c1-9(13,5-12)7-3-2-6(11)4-8(7)10/h2-4H,13H2,1H3/t9-/m1/s1. The molecule has 0 saturated carbocycles. The van der Waals surface area contributed by atoms with Crippen molar-refractivity contribution in [3.05, 3.63) is 34.6 Å². The molecule has 0 aromatic heterocycles. The van der Waals surface area contributed by atoms with E-state index in [-0.39, 0.29) is 5.02 Å². The second-order valence-electron chi connectivity index (χ2n) is 2.94. The van der Waals surface area contributed by atoms with E-state index in [1.807, 2.05) is 6.07 Å². The van der Waals surface area contributed by atoms with Crippen molar-refractivity contribution < 1.29 is 4.39 Å². The number of hydrogen-bond donors (Lipinski definition) is 1. The van der Waals surface area contributed by atoms with Crippen LogP contribution >= 0.6 is 11.6 Å². The Kier molecular flexibility index (Phi) is 2.55. The van der Waals surface area contributed by atoms with Crippen LogP contribution < -0.4 is 5.73 Å². The van der Waals surface area contributed by atoms with Gasteiger partial charge in [-0.15, -0.1) is 0 Å². The number of nitriles is 1. The predicted molar refractivity (Wildman–Crippen MR) is 48.6 cm³/mol. The first-order chi connectivity index (χ1) is 5.97. The molecule has 0 bridgehead atoms. The van der Waals surface area contributed by atoms with Crippen LogP contribution in [0.4, 0.5) is 4.39 Å². The molecular weight excluding hydrogens is 191 g/mol. The Balaban J connectivity index is 3.26. The van der Waals surface area contributed by atoms with E-state index in [9.17, 15) is 4.39 Å². The van der Waals surface area contributed by atoms with Crippen LogP contribution in [0.1, 0.15) is 12.5 Å². The maximum absolute atomic E-state index is 12.6. The van der Waals surface area contributed by atoms with Gasteiger partial charge in [-0.1, -0.05) is 17.7 Å². The lowest BCUT2D eigenvalue weighted by atomic mass is 9.95. The Hall–Kier alpha value is -1.11. The van der Waals surface area contributed by atoms with E-state index in [1.54, 1.807) is 0 Å². The summed E-state index contributed by atoms with van der Waals surface area (Å²) in [5, 5.41) is 8.89. The lowest BCUT2D eigenvalue weighted by molar-refractivity contribution is 0.616. The molecule has 0 saturated heterocycles. The molecule has 0 fully saturated rings. The molecule has 0 aliphatic rings. The third-order valence-corrected chi connectivity index (χ3v) is 2.04. The molecule has 0 amide bonds. The van der Waals surface area contributed by atoms with Crippen molar-refractivity contribution in [2.45, 2.75) is 12.5 Å². The minimum Gasteiger partial charge on any atom is -0.310 e. The number of nitrogens with two attached hydrogens (primary N) is 1. The second kappa shape index (κ2) is 3.33. The Labute approximate surface area is 80.7 Å². The maximum atomic E-state index is 12.6. The lowest BCUT2D eigenvalue weighted by Crippen LogP contribution is -2.31. The molecular formula is C9H8ClFN2. The van der Waals surface area contributed by atoms with Crippen molar-refractivity contribution >= 4 is 11.6 Å². The molecule has 0 radical (unpaired) electrons. The van der Waals surface area contributed by atoms with Crippen LogP contribution in [0.15, 0.2) is 18.2 Å². The number of nitrogens with zero attached hydrogens (tertiary/aromatic N) is 1. The molecule has 1 atom stereocenters. The van der Waals surface area contributed by atoms with Gasteiger partial charge in [0.05, 0.1) is 6.07 Å². The molecule has 4 heteroatoms. The van der Waals surface area contributed by atoms with E-state index in [0.717, 1.165) is 6.07 Å². The summed E-state index contributed by atoms with van der Waals surface area (Å²) < 4.78 is 12.6. The van der Waals surface area contributed by atoms with Crippen LogP contribution in [-0.4, -0.2) is 0 Å². The topological polar surface area (TPSA) is 49.8 Å². The molecule has 1 rings (SSSR count). The normalized spacial score (nSPS) is 14.7. The lowest BCUT2D eigenvalue weighted by Gasteiger charge is -2.16. The fourth-order valence-electron chi connectivity index (χ4n) is 0.971. The Morgan fingerprint density at radius 3 is 2.69 bits per heavy atom. The SMILES string of the molecule is C[C@@](N)(C#N)c1ccc(F)cc1Cl. The van der Waals surface area contributed by atoms with Crippen molar-refractivity contribution in [2.75, 3.05) is 0 Å². The molecule has 1 aromatic carbocycles. The minimum absolute atomic E-state index is 0.173. The quantitative estimate of drug-likeness (QED) is 0.752. The second-order valence-corrected chi connectivity index (χ2v) is 3.35. The van der Waals surface area contributed by atoms with Crippen LogP contribution in [0.2, 0.25) is 5.02 Å². The molecule has 0 aliphatic heterocycles. The van der Waals surface area contributed by atoms with Gasteiger partial charge in [0.15, 0.2) is 0 Å². The van der Waals surface area contributed by atoms with Gasteiger partial charge in [-0.3, -0.25) is 0 Å². The van der Waals surface area contributed by atoms with Gasteiger partial charge in [-0.05, 0) is 19.1 Å². The summed E-state index contributed by atoms with van der Waals surface area (Å²) in [5.41, 5.74) is 4.87. The molecule has 13 heavy (non-hydrogen) atoms. The minimum atomic E-state index is -1.18. The van der Waals surface area contributed by atoms with Crippen LogP contribution in [0.3, 0.4) is 0 Å². The summed E-state index contributed by atoms with van der Waals surface area (Å²) >= 11 is 5.72. The fourth-order valence-corrected chi connectivity index (χ4v) is 1.33. The molecule has 68 valence electrons. The molecule has 0 heterocycles. The van der Waals surface area contributed by atoms with Crippen molar-refractivity contribution in [2.24, 2.45) is 5.73 Å². The zero-order valence-corrected chi connectivity index (χ0v) is 7.77. The highest BCUT2D eigenvalue weighted by Crippen LogP contribution is 2.25. The van der Waals surface area contributed by atoms with E-state index >= 15 is 0 Å². The highest BCUT2D eigenvalue weighted by Gasteiger charge is 2.23. The van der Waals surface area contributed by atoms with Crippen molar-refractivity contribution in [3.8, 4) is 6.07 Å². The molecule has 0 spiro atoms. The zero-order valence-electron chi connectivity index (χ0n) is 7.01. The first kappa shape index (κ1) is 9.97. The number of rotatable bonds is 1. The zero-order chi connectivity index (χ0) is 10.1. The summed E-state index contributed by atoms with van der Waals surface area (Å²) in [4.78, 5) is 0. The highest BCUT2D eigenvalue weighted by atomic mass is 35.5. The summed E-state index contributed by atoms with van der Waals surface area (Å²) in [5.74, 6) is -0.442. The Bertz CT molecular complexity index is 368. The van der Waals surface area contributed by atoms with Gasteiger partial charge in [0.1, 0.15) is 11.4 Å². The van der Waals surface area contributed by atoms with E-state index in [1.165, 1.54) is 19.1 Å². The summed E-state index contributed by atoms with van der Waals surface area (Å²) in [6, 6.07) is 5.67. The van der Waals surface area contributed by atoms with Gasteiger partial charge in [0.2, 0.25) is 0 Å². The van der Waals surface area contributed by atoms with Crippen LogP contribution in [0.5, 0.6) is 0 Å². The number of hydrogen-bond acceptors (Lipinski definition) is 2. The van der Waals surface area contributed by atoms with Crippen molar-refractivity contribution in [1.29, 1.82) is 5.26 Å². The van der Waals surface area contributed by atoms with Crippen LogP contribution in [0.25, 0.3) is 0 Å². The maximum Gasteiger partial charge on any atom is 0.128 e. The van der Waals surface area contributed by atoms with Crippen LogP contribution in [0, 0.1) is 17.1 Å². The van der Waals surface area contributed by atoms with Gasteiger partial charge in [0, 0.05) is 10.6 Å². The highest BCUT2D eigenvalue weighted by molar-refractivity contribution is 6.31. The number of halogens is 2. The molecule has 2 nitrogen and oxygen atoms in total. The average Bonchev–Trinajstić information content (AvgIpc) is 2.03.